The Morgan fingerprint density at radius 3 is 2.35 bits per heavy atom. The molecule has 0 saturated heterocycles. The van der Waals surface area contributed by atoms with Gasteiger partial charge in [0.05, 0.1) is 6.61 Å². The molecule has 0 heterocycles. The van der Waals surface area contributed by atoms with Gasteiger partial charge in [-0.05, 0) is 62.9 Å². The van der Waals surface area contributed by atoms with Gasteiger partial charge < -0.3 is 10.1 Å². The van der Waals surface area contributed by atoms with Crippen molar-refractivity contribution < 1.29 is 18.3 Å². The zero-order valence-corrected chi connectivity index (χ0v) is 19.9. The number of hydrogen-bond acceptors (Lipinski definition) is 6. The molecule has 11 heteroatoms. The summed E-state index contributed by atoms with van der Waals surface area (Å²) in [5, 5.41) is 12.2. The van der Waals surface area contributed by atoms with Crippen LogP contribution >= 0.6 is 11.6 Å². The first-order valence-corrected chi connectivity index (χ1v) is 11.1. The number of carbonyl (C=O) groups excluding carboxylic acids is 1. The van der Waals surface area contributed by atoms with E-state index in [1.165, 1.54) is 0 Å². The molecule has 0 aliphatic rings. The van der Waals surface area contributed by atoms with Gasteiger partial charge in [0.1, 0.15) is 23.8 Å². The summed E-state index contributed by atoms with van der Waals surface area (Å²) in [7, 11) is 1.60. The Bertz CT molecular complexity index is 971. The lowest BCUT2D eigenvalue weighted by Crippen LogP contribution is -2.47. The first-order valence-electron chi connectivity index (χ1n) is 10.7. The summed E-state index contributed by atoms with van der Waals surface area (Å²) in [5.41, 5.74) is 0.451. The average molecular weight is 496 g/mol. The molecule has 34 heavy (non-hydrogen) atoms. The van der Waals surface area contributed by atoms with Gasteiger partial charge in [0.2, 0.25) is 0 Å². The van der Waals surface area contributed by atoms with Crippen LogP contribution in [0.3, 0.4) is 0 Å². The number of nitrogens with one attached hydrogen (secondary N) is 3. The Kier molecular flexibility index (Phi) is 11.0. The van der Waals surface area contributed by atoms with E-state index in [-0.39, 0.29) is 24.0 Å². The first-order chi connectivity index (χ1) is 16.2. The predicted octanol–water partition coefficient (Wildman–Crippen LogP) is 4.16. The predicted molar refractivity (Wildman–Crippen MR) is 128 cm³/mol. The maximum absolute atomic E-state index is 13.6. The quantitative estimate of drug-likeness (QED) is 0.247. The second kappa shape index (κ2) is 13.7. The van der Waals surface area contributed by atoms with Crippen molar-refractivity contribution in [2.45, 2.75) is 38.5 Å². The number of benzene rings is 2. The molecule has 2 unspecified atom stereocenters. The van der Waals surface area contributed by atoms with Crippen molar-refractivity contribution >= 4 is 23.5 Å². The third kappa shape index (κ3) is 8.77. The van der Waals surface area contributed by atoms with Gasteiger partial charge in [-0.15, -0.1) is 0 Å². The second-order valence-corrected chi connectivity index (χ2v) is 7.94. The topological polar surface area (TPSA) is 104 Å². The van der Waals surface area contributed by atoms with E-state index in [1.807, 2.05) is 13.8 Å². The van der Waals surface area contributed by atoms with Crippen molar-refractivity contribution in [1.29, 1.82) is 0 Å². The van der Waals surface area contributed by atoms with Crippen LogP contribution in [0.4, 0.5) is 8.78 Å². The smallest absolute Gasteiger partial charge is 0.257 e. The highest BCUT2D eigenvalue weighted by molar-refractivity contribution is 6.30. The van der Waals surface area contributed by atoms with E-state index < -0.39 is 29.7 Å². The molecule has 0 spiro atoms. The monoisotopic (exact) mass is 495 g/mol. The van der Waals surface area contributed by atoms with Crippen molar-refractivity contribution in [2.75, 3.05) is 20.3 Å². The van der Waals surface area contributed by atoms with E-state index in [2.05, 4.69) is 26.1 Å². The molecule has 0 radical (unpaired) electrons. The van der Waals surface area contributed by atoms with Crippen LogP contribution < -0.4 is 16.0 Å². The SMILES string of the molecule is CCOC[C@H](C)NC(=NC(CC(N=O)c1cc(F)cc(F)c1)NC)NC(=O)c1ccc(Cl)cc1. The fourth-order valence-electron chi connectivity index (χ4n) is 3.07. The normalized spacial score (nSPS) is 14.2. The molecule has 2 rings (SSSR count). The van der Waals surface area contributed by atoms with E-state index in [9.17, 15) is 18.5 Å². The van der Waals surface area contributed by atoms with Crippen LogP contribution in [0.15, 0.2) is 52.6 Å². The van der Waals surface area contributed by atoms with Gasteiger partial charge in [-0.3, -0.25) is 15.4 Å². The van der Waals surface area contributed by atoms with Crippen molar-refractivity contribution in [3.05, 3.63) is 75.2 Å². The Hall–Kier alpha value is -2.95. The van der Waals surface area contributed by atoms with Gasteiger partial charge in [-0.2, -0.15) is 4.91 Å². The van der Waals surface area contributed by atoms with Gasteiger partial charge in [-0.25, -0.2) is 13.8 Å². The van der Waals surface area contributed by atoms with Crippen LogP contribution in [0, 0.1) is 16.5 Å². The number of nitroso groups, excluding NO2 is 1. The lowest BCUT2D eigenvalue weighted by atomic mass is 10.0. The minimum absolute atomic E-state index is 0.00920. The molecular formula is C23H28ClF2N5O3. The molecule has 0 aliphatic heterocycles. The van der Waals surface area contributed by atoms with E-state index in [0.717, 1.165) is 12.1 Å². The van der Waals surface area contributed by atoms with Gasteiger partial charge in [0.25, 0.3) is 5.91 Å². The lowest BCUT2D eigenvalue weighted by Gasteiger charge is -2.21. The Labute approximate surface area is 202 Å². The summed E-state index contributed by atoms with van der Waals surface area (Å²) < 4.78 is 32.7. The van der Waals surface area contributed by atoms with Gasteiger partial charge in [0, 0.05) is 35.7 Å². The highest BCUT2D eigenvalue weighted by Crippen LogP contribution is 2.25. The first kappa shape index (κ1) is 27.3. The fraction of sp³-hybridized carbons (Fsp3) is 0.391. The highest BCUT2D eigenvalue weighted by atomic mass is 35.5. The minimum Gasteiger partial charge on any atom is -0.380 e. The summed E-state index contributed by atoms with van der Waals surface area (Å²) in [6.07, 6.45) is -0.730. The van der Waals surface area contributed by atoms with Crippen molar-refractivity contribution in [3.8, 4) is 0 Å². The molecular weight excluding hydrogens is 468 g/mol. The number of ether oxygens (including phenoxy) is 1. The van der Waals surface area contributed by atoms with Gasteiger partial charge in [0.15, 0.2) is 5.96 Å². The standard InChI is InChI=1S/C23H28ClF2N5O3/c1-4-34-13-14(2)28-23(30-22(32)15-5-7-17(24)8-6-15)29-21(27-3)12-20(31-33)16-9-18(25)11-19(26)10-16/h5-11,14,20-21,27H,4,12-13H2,1-3H3,(H2,28,29,30,32)/t14-,20?,21?/m0/s1. The van der Waals surface area contributed by atoms with Crippen LogP contribution in [0.2, 0.25) is 5.02 Å². The summed E-state index contributed by atoms with van der Waals surface area (Å²) in [4.78, 5) is 28.7. The third-order valence-electron chi connectivity index (χ3n) is 4.76. The Balaban J connectivity index is 2.26. The van der Waals surface area contributed by atoms with E-state index in [0.29, 0.717) is 29.9 Å². The Morgan fingerprint density at radius 1 is 1.15 bits per heavy atom. The number of amides is 1. The van der Waals surface area contributed by atoms with Crippen molar-refractivity contribution in [2.24, 2.45) is 10.2 Å². The van der Waals surface area contributed by atoms with Crippen molar-refractivity contribution in [3.63, 3.8) is 0 Å². The fourth-order valence-corrected chi connectivity index (χ4v) is 3.19. The van der Waals surface area contributed by atoms with Crippen LogP contribution in [-0.2, 0) is 4.74 Å². The molecule has 3 N–H and O–H groups in total. The van der Waals surface area contributed by atoms with Crippen LogP contribution in [0.5, 0.6) is 0 Å². The molecule has 0 aliphatic carbocycles. The lowest BCUT2D eigenvalue weighted by molar-refractivity contribution is 0.0973. The largest absolute Gasteiger partial charge is 0.380 e. The number of halogens is 3. The van der Waals surface area contributed by atoms with E-state index >= 15 is 0 Å². The van der Waals surface area contributed by atoms with Crippen LogP contribution in [0.25, 0.3) is 0 Å². The molecule has 184 valence electrons. The molecule has 0 aromatic heterocycles. The number of guanidine groups is 1. The third-order valence-corrected chi connectivity index (χ3v) is 5.01. The van der Waals surface area contributed by atoms with Gasteiger partial charge >= 0.3 is 0 Å². The molecule has 3 atom stereocenters. The molecule has 0 saturated carbocycles. The molecule has 1 amide bonds. The summed E-state index contributed by atoms with van der Waals surface area (Å²) in [6.45, 7) is 4.59. The minimum atomic E-state index is -1.07. The number of carbonyl (C=O) groups is 1. The summed E-state index contributed by atoms with van der Waals surface area (Å²) in [5.74, 6) is -1.92. The number of hydrogen-bond donors (Lipinski definition) is 3. The molecule has 8 nitrogen and oxygen atoms in total. The number of rotatable bonds is 11. The summed E-state index contributed by atoms with van der Waals surface area (Å²) >= 11 is 5.89. The van der Waals surface area contributed by atoms with E-state index in [1.54, 1.807) is 31.3 Å². The van der Waals surface area contributed by atoms with Crippen LogP contribution in [0.1, 0.15) is 42.2 Å². The van der Waals surface area contributed by atoms with E-state index in [4.69, 9.17) is 16.3 Å². The molecule has 0 fully saturated rings. The number of aliphatic imine (C=N–C) groups is 1. The maximum Gasteiger partial charge on any atom is 0.257 e. The Morgan fingerprint density at radius 2 is 1.79 bits per heavy atom. The molecule has 0 bridgehead atoms. The van der Waals surface area contributed by atoms with Crippen LogP contribution in [-0.4, -0.2) is 44.3 Å². The molecule has 2 aromatic carbocycles. The highest BCUT2D eigenvalue weighted by Gasteiger charge is 2.21. The zero-order chi connectivity index (χ0) is 25.1. The maximum atomic E-state index is 13.6. The number of nitrogens with zero attached hydrogens (tertiary/aromatic N) is 2. The second-order valence-electron chi connectivity index (χ2n) is 7.51. The average Bonchev–Trinajstić information content (AvgIpc) is 2.79. The van der Waals surface area contributed by atoms with Crippen molar-refractivity contribution in [1.82, 2.24) is 16.0 Å². The van der Waals surface area contributed by atoms with Gasteiger partial charge in [-0.1, -0.05) is 16.8 Å². The summed E-state index contributed by atoms with van der Waals surface area (Å²) in [6, 6.07) is 7.86. The zero-order valence-electron chi connectivity index (χ0n) is 19.1. The molecule has 2 aromatic rings.